The van der Waals surface area contributed by atoms with Gasteiger partial charge in [0.25, 0.3) is 0 Å². The molecule has 0 saturated heterocycles. The van der Waals surface area contributed by atoms with Gasteiger partial charge in [0.05, 0.1) is 11.3 Å². The SMILES string of the molecule is C\C=C(P)/C(=C\C(=C\CC)C(F)(F)F)N=CC1=C(N)CCCC1.NCc1ccc(F)cc1. The lowest BCUT2D eigenvalue weighted by molar-refractivity contribution is -0.0884. The first-order valence-corrected chi connectivity index (χ1v) is 11.1. The van der Waals surface area contributed by atoms with Crippen LogP contribution < -0.4 is 11.5 Å². The van der Waals surface area contributed by atoms with Crippen molar-refractivity contribution in [1.82, 2.24) is 0 Å². The van der Waals surface area contributed by atoms with Crippen molar-refractivity contribution in [2.75, 3.05) is 0 Å². The van der Waals surface area contributed by atoms with Gasteiger partial charge in [-0.25, -0.2) is 4.39 Å². The molecular formula is C24H32F4N3P. The first kappa shape index (κ1) is 27.8. The van der Waals surface area contributed by atoms with Crippen molar-refractivity contribution in [3.05, 3.63) is 81.7 Å². The monoisotopic (exact) mass is 469 g/mol. The summed E-state index contributed by atoms with van der Waals surface area (Å²) in [6, 6.07) is 6.16. The molecule has 2 rings (SSSR count). The largest absolute Gasteiger partial charge is 0.416 e. The molecule has 32 heavy (non-hydrogen) atoms. The summed E-state index contributed by atoms with van der Waals surface area (Å²) in [7, 11) is 2.43. The molecule has 3 nitrogen and oxygen atoms in total. The van der Waals surface area contributed by atoms with Crippen LogP contribution >= 0.6 is 9.24 Å². The molecule has 8 heteroatoms. The zero-order valence-corrected chi connectivity index (χ0v) is 19.7. The number of allylic oxidation sites excluding steroid dienone is 7. The van der Waals surface area contributed by atoms with E-state index in [0.29, 0.717) is 18.3 Å². The number of nitrogens with two attached hydrogens (primary N) is 2. The minimum atomic E-state index is -4.39. The lowest BCUT2D eigenvalue weighted by atomic mass is 9.97. The Hall–Kier alpha value is -2.24. The molecule has 0 radical (unpaired) electrons. The minimum absolute atomic E-state index is 0.216. The standard InChI is InChI=1S/C17H24F3N2P.C7H8FN/c1-3-7-13(17(18,19)20)10-15(16(23)4-2)22-11-12-8-5-6-9-14(12)21;8-7-3-1-6(5-9)2-4-7/h4,7,10-11H,3,5-6,8-9,21,23H2,1-2H3;1-4H,5,9H2/b13-7-,15-10+,16-4+,22-11?;. The molecule has 0 bridgehead atoms. The van der Waals surface area contributed by atoms with E-state index in [9.17, 15) is 17.6 Å². The number of rotatable bonds is 6. The molecule has 4 N–H and O–H groups in total. The highest BCUT2D eigenvalue weighted by molar-refractivity contribution is 7.23. The maximum Gasteiger partial charge on any atom is 0.416 e. The van der Waals surface area contributed by atoms with Crippen molar-refractivity contribution in [1.29, 1.82) is 0 Å². The summed E-state index contributed by atoms with van der Waals surface area (Å²) in [5.74, 6) is -0.216. The van der Waals surface area contributed by atoms with Crippen molar-refractivity contribution in [3.63, 3.8) is 0 Å². The summed E-state index contributed by atoms with van der Waals surface area (Å²) < 4.78 is 51.4. The van der Waals surface area contributed by atoms with Crippen molar-refractivity contribution < 1.29 is 17.6 Å². The van der Waals surface area contributed by atoms with Gasteiger partial charge in [0.1, 0.15) is 5.82 Å². The molecule has 0 amide bonds. The van der Waals surface area contributed by atoms with Gasteiger partial charge in [-0.05, 0) is 73.7 Å². The Bertz CT molecular complexity index is 880. The molecule has 0 fully saturated rings. The van der Waals surface area contributed by atoms with Crippen LogP contribution in [0.15, 0.2) is 75.3 Å². The summed E-state index contributed by atoms with van der Waals surface area (Å²) in [5, 5.41) is 0.613. The van der Waals surface area contributed by atoms with Gasteiger partial charge in [-0.3, -0.25) is 4.99 Å². The molecule has 176 valence electrons. The van der Waals surface area contributed by atoms with Crippen molar-refractivity contribution >= 4 is 15.5 Å². The number of halogens is 4. The molecule has 0 aromatic heterocycles. The molecule has 1 atom stereocenters. The van der Waals surface area contributed by atoms with Crippen LogP contribution in [0.1, 0.15) is 51.5 Å². The molecular weight excluding hydrogens is 437 g/mol. The fraction of sp³-hybridized carbons (Fsp3) is 0.375. The average molecular weight is 470 g/mol. The van der Waals surface area contributed by atoms with Crippen LogP contribution in [0.3, 0.4) is 0 Å². The van der Waals surface area contributed by atoms with E-state index in [1.807, 2.05) is 0 Å². The van der Waals surface area contributed by atoms with Crippen LogP contribution in [-0.2, 0) is 6.54 Å². The highest BCUT2D eigenvalue weighted by Gasteiger charge is 2.32. The second kappa shape index (κ2) is 14.0. The van der Waals surface area contributed by atoms with E-state index < -0.39 is 11.7 Å². The lowest BCUT2D eigenvalue weighted by Crippen LogP contribution is -2.11. The van der Waals surface area contributed by atoms with Crippen LogP contribution in [0.5, 0.6) is 0 Å². The van der Waals surface area contributed by atoms with E-state index in [2.05, 4.69) is 14.2 Å². The average Bonchev–Trinajstić information content (AvgIpc) is 2.76. The fourth-order valence-corrected chi connectivity index (χ4v) is 2.99. The van der Waals surface area contributed by atoms with Gasteiger partial charge in [0.2, 0.25) is 0 Å². The highest BCUT2D eigenvalue weighted by atomic mass is 31.0. The Morgan fingerprint density at radius 3 is 2.28 bits per heavy atom. The van der Waals surface area contributed by atoms with Gasteiger partial charge in [-0.2, -0.15) is 13.2 Å². The molecule has 1 aliphatic carbocycles. The van der Waals surface area contributed by atoms with E-state index in [-0.39, 0.29) is 11.5 Å². The summed E-state index contributed by atoms with van der Waals surface area (Å²) in [4.78, 5) is 4.27. The van der Waals surface area contributed by atoms with Crippen LogP contribution in [0.4, 0.5) is 17.6 Å². The Morgan fingerprint density at radius 1 is 1.16 bits per heavy atom. The van der Waals surface area contributed by atoms with Crippen LogP contribution in [0.2, 0.25) is 0 Å². The van der Waals surface area contributed by atoms with E-state index in [4.69, 9.17) is 11.5 Å². The Kier molecular flexibility index (Phi) is 12.2. The normalized spacial score (nSPS) is 16.3. The van der Waals surface area contributed by atoms with Crippen molar-refractivity contribution in [2.24, 2.45) is 16.5 Å². The molecule has 1 unspecified atom stereocenters. The third-order valence-electron chi connectivity index (χ3n) is 4.71. The number of hydrogen-bond donors (Lipinski definition) is 2. The topological polar surface area (TPSA) is 64.4 Å². The number of alkyl halides is 3. The third-order valence-corrected chi connectivity index (χ3v) is 5.34. The van der Waals surface area contributed by atoms with Gasteiger partial charge in [0.15, 0.2) is 0 Å². The first-order chi connectivity index (χ1) is 15.1. The zero-order valence-electron chi connectivity index (χ0n) is 18.6. The minimum Gasteiger partial charge on any atom is -0.402 e. The predicted molar refractivity (Wildman–Crippen MR) is 128 cm³/mol. The number of hydrogen-bond acceptors (Lipinski definition) is 3. The highest BCUT2D eigenvalue weighted by Crippen LogP contribution is 2.31. The van der Waals surface area contributed by atoms with Gasteiger partial charge < -0.3 is 11.5 Å². The first-order valence-electron chi connectivity index (χ1n) is 10.5. The number of nitrogens with zero attached hydrogens (tertiary/aromatic N) is 1. The molecule has 1 aromatic rings. The lowest BCUT2D eigenvalue weighted by Gasteiger charge is -2.14. The van der Waals surface area contributed by atoms with Gasteiger partial charge in [0, 0.05) is 18.5 Å². The molecule has 0 aliphatic heterocycles. The summed E-state index contributed by atoms with van der Waals surface area (Å²) in [6.07, 6.45) is 5.21. The summed E-state index contributed by atoms with van der Waals surface area (Å²) >= 11 is 0. The zero-order chi connectivity index (χ0) is 24.1. The second-order valence-corrected chi connectivity index (χ2v) is 7.81. The van der Waals surface area contributed by atoms with Crippen molar-refractivity contribution in [3.8, 4) is 0 Å². The summed E-state index contributed by atoms with van der Waals surface area (Å²) in [5.41, 5.74) is 13.5. The molecule has 1 aromatic carbocycles. The fourth-order valence-electron chi connectivity index (χ4n) is 2.83. The van der Waals surface area contributed by atoms with E-state index in [1.165, 1.54) is 12.1 Å². The third kappa shape index (κ3) is 9.92. The predicted octanol–water partition coefficient (Wildman–Crippen LogP) is 6.69. The van der Waals surface area contributed by atoms with Crippen LogP contribution in [0, 0.1) is 5.82 Å². The quantitative estimate of drug-likeness (QED) is 0.211. The Morgan fingerprint density at radius 2 is 1.78 bits per heavy atom. The number of aliphatic imine (C=N–C) groups is 1. The Labute approximate surface area is 190 Å². The van der Waals surface area contributed by atoms with Crippen molar-refractivity contribution in [2.45, 2.75) is 58.7 Å². The molecule has 0 heterocycles. The number of benzene rings is 1. The summed E-state index contributed by atoms with van der Waals surface area (Å²) in [6.45, 7) is 3.91. The van der Waals surface area contributed by atoms with E-state index in [1.54, 1.807) is 38.3 Å². The van der Waals surface area contributed by atoms with Gasteiger partial charge in [-0.1, -0.05) is 31.2 Å². The molecule has 0 saturated carbocycles. The second-order valence-electron chi connectivity index (χ2n) is 7.19. The van der Waals surface area contributed by atoms with E-state index in [0.717, 1.165) is 54.7 Å². The van der Waals surface area contributed by atoms with Gasteiger partial charge in [-0.15, -0.1) is 9.24 Å². The van der Waals surface area contributed by atoms with E-state index >= 15 is 0 Å². The maximum absolute atomic E-state index is 13.1. The van der Waals surface area contributed by atoms with Crippen LogP contribution in [-0.4, -0.2) is 12.4 Å². The Balaban J connectivity index is 0.000000471. The maximum atomic E-state index is 13.1. The van der Waals surface area contributed by atoms with Crippen LogP contribution in [0.25, 0.3) is 0 Å². The molecule has 0 spiro atoms. The molecule has 1 aliphatic rings. The van der Waals surface area contributed by atoms with Gasteiger partial charge >= 0.3 is 6.18 Å². The smallest absolute Gasteiger partial charge is 0.402 e.